The Kier molecular flexibility index (Phi) is 5.03. The van der Waals surface area contributed by atoms with Crippen LogP contribution < -0.4 is 5.73 Å². The van der Waals surface area contributed by atoms with Crippen molar-refractivity contribution in [2.45, 2.75) is 38.1 Å². The zero-order valence-corrected chi connectivity index (χ0v) is 10.5. The fourth-order valence-corrected chi connectivity index (χ4v) is 2.05. The lowest BCUT2D eigenvalue weighted by atomic mass is 9.83. The van der Waals surface area contributed by atoms with Crippen molar-refractivity contribution in [3.05, 3.63) is 0 Å². The largest absolute Gasteiger partial charge is 0.385 e. The molecule has 0 heterocycles. The molecule has 2 N–H and O–H groups in total. The molecule has 0 aromatic carbocycles. The van der Waals surface area contributed by atoms with Crippen LogP contribution in [0.25, 0.3) is 0 Å². The topological polar surface area (TPSA) is 38.5 Å². The van der Waals surface area contributed by atoms with Crippen molar-refractivity contribution < 1.29 is 4.74 Å². The molecule has 0 spiro atoms. The second-order valence-corrected chi connectivity index (χ2v) is 5.12. The highest BCUT2D eigenvalue weighted by molar-refractivity contribution is 4.87. The third-order valence-electron chi connectivity index (χ3n) is 3.96. The molecule has 3 nitrogen and oxygen atoms in total. The summed E-state index contributed by atoms with van der Waals surface area (Å²) in [4.78, 5) is 2.43. The highest BCUT2D eigenvalue weighted by atomic mass is 16.5. The van der Waals surface area contributed by atoms with Gasteiger partial charge in [-0.15, -0.1) is 0 Å². The lowest BCUT2D eigenvalue weighted by Crippen LogP contribution is -2.52. The maximum Gasteiger partial charge on any atom is 0.0480 e. The van der Waals surface area contributed by atoms with Crippen molar-refractivity contribution in [2.24, 2.45) is 11.7 Å². The molecule has 1 aliphatic rings. The number of likely N-dealkylation sites (N-methyl/N-ethyl adjacent to an activating group) is 1. The van der Waals surface area contributed by atoms with E-state index in [-0.39, 0.29) is 5.54 Å². The Morgan fingerprint density at radius 3 is 2.53 bits per heavy atom. The maximum atomic E-state index is 5.89. The standard InChI is InChI=1S/C12H26N2O/c1-12(10-13,7-8-15-3)14(2)9-11-5-4-6-11/h11H,4-10,13H2,1-3H3. The van der Waals surface area contributed by atoms with Crippen LogP contribution >= 0.6 is 0 Å². The van der Waals surface area contributed by atoms with Crippen molar-refractivity contribution in [2.75, 3.05) is 33.9 Å². The van der Waals surface area contributed by atoms with E-state index in [2.05, 4.69) is 18.9 Å². The molecule has 0 saturated heterocycles. The van der Waals surface area contributed by atoms with E-state index in [4.69, 9.17) is 10.5 Å². The van der Waals surface area contributed by atoms with Gasteiger partial charge in [-0.1, -0.05) is 6.42 Å². The molecular weight excluding hydrogens is 188 g/mol. The molecule has 90 valence electrons. The molecule has 1 aliphatic carbocycles. The third kappa shape index (κ3) is 3.44. The zero-order chi connectivity index (χ0) is 11.3. The second kappa shape index (κ2) is 5.83. The summed E-state index contributed by atoms with van der Waals surface area (Å²) in [7, 11) is 3.95. The predicted octanol–water partition coefficient (Wildman–Crippen LogP) is 1.47. The first-order chi connectivity index (χ1) is 7.12. The van der Waals surface area contributed by atoms with E-state index in [0.717, 1.165) is 18.9 Å². The lowest BCUT2D eigenvalue weighted by molar-refractivity contribution is 0.0643. The summed E-state index contributed by atoms with van der Waals surface area (Å²) in [6.45, 7) is 4.93. The SMILES string of the molecule is COCCC(C)(CN)N(C)CC1CCC1. The van der Waals surface area contributed by atoms with E-state index < -0.39 is 0 Å². The summed E-state index contributed by atoms with van der Waals surface area (Å²) in [6.07, 6.45) is 5.23. The molecule has 1 rings (SSSR count). The smallest absolute Gasteiger partial charge is 0.0480 e. The van der Waals surface area contributed by atoms with E-state index in [1.807, 2.05) is 0 Å². The Hall–Kier alpha value is -0.120. The van der Waals surface area contributed by atoms with Crippen LogP contribution in [0.2, 0.25) is 0 Å². The van der Waals surface area contributed by atoms with Gasteiger partial charge in [-0.2, -0.15) is 0 Å². The molecule has 0 bridgehead atoms. The highest BCUT2D eigenvalue weighted by Crippen LogP contribution is 2.29. The van der Waals surface area contributed by atoms with Gasteiger partial charge in [0.05, 0.1) is 0 Å². The quantitative estimate of drug-likeness (QED) is 0.697. The highest BCUT2D eigenvalue weighted by Gasteiger charge is 2.30. The van der Waals surface area contributed by atoms with Crippen molar-refractivity contribution in [3.8, 4) is 0 Å². The molecule has 15 heavy (non-hydrogen) atoms. The Labute approximate surface area is 94.0 Å². The fourth-order valence-electron chi connectivity index (χ4n) is 2.05. The molecule has 1 unspecified atom stereocenters. The van der Waals surface area contributed by atoms with Crippen LogP contribution in [0.3, 0.4) is 0 Å². The number of hydrogen-bond acceptors (Lipinski definition) is 3. The maximum absolute atomic E-state index is 5.89. The van der Waals surface area contributed by atoms with Gasteiger partial charge in [0, 0.05) is 32.3 Å². The van der Waals surface area contributed by atoms with Gasteiger partial charge < -0.3 is 10.5 Å². The van der Waals surface area contributed by atoms with Crippen LogP contribution in [0.4, 0.5) is 0 Å². The molecule has 0 aromatic heterocycles. The normalized spacial score (nSPS) is 21.4. The fraction of sp³-hybridized carbons (Fsp3) is 1.00. The van der Waals surface area contributed by atoms with E-state index >= 15 is 0 Å². The summed E-state index contributed by atoms with van der Waals surface area (Å²) >= 11 is 0. The predicted molar refractivity (Wildman–Crippen MR) is 63.9 cm³/mol. The first-order valence-electron chi connectivity index (χ1n) is 6.02. The number of ether oxygens (including phenoxy) is 1. The average molecular weight is 214 g/mol. The van der Waals surface area contributed by atoms with Crippen LogP contribution in [-0.2, 0) is 4.74 Å². The molecule has 1 fully saturated rings. The average Bonchev–Trinajstić information content (AvgIpc) is 2.19. The Morgan fingerprint density at radius 1 is 1.47 bits per heavy atom. The van der Waals surface area contributed by atoms with Crippen LogP contribution in [0.5, 0.6) is 0 Å². The summed E-state index contributed by atoms with van der Waals surface area (Å²) in [5.41, 5.74) is 5.99. The van der Waals surface area contributed by atoms with Crippen molar-refractivity contribution >= 4 is 0 Å². The number of methoxy groups -OCH3 is 1. The van der Waals surface area contributed by atoms with Gasteiger partial charge in [-0.25, -0.2) is 0 Å². The summed E-state index contributed by atoms with van der Waals surface area (Å²) in [5, 5.41) is 0. The minimum atomic E-state index is 0.103. The Morgan fingerprint density at radius 2 is 2.13 bits per heavy atom. The van der Waals surface area contributed by atoms with E-state index in [9.17, 15) is 0 Å². The minimum absolute atomic E-state index is 0.103. The van der Waals surface area contributed by atoms with E-state index in [0.29, 0.717) is 6.54 Å². The minimum Gasteiger partial charge on any atom is -0.385 e. The van der Waals surface area contributed by atoms with Gasteiger partial charge >= 0.3 is 0 Å². The molecule has 3 heteroatoms. The first kappa shape index (κ1) is 12.9. The Bertz CT molecular complexity index is 182. The first-order valence-corrected chi connectivity index (χ1v) is 6.02. The van der Waals surface area contributed by atoms with Crippen molar-refractivity contribution in [1.82, 2.24) is 4.90 Å². The molecule has 1 atom stereocenters. The van der Waals surface area contributed by atoms with Crippen molar-refractivity contribution in [1.29, 1.82) is 0 Å². The van der Waals surface area contributed by atoms with Crippen molar-refractivity contribution in [3.63, 3.8) is 0 Å². The number of nitrogens with two attached hydrogens (primary N) is 1. The Balaban J connectivity index is 2.38. The molecule has 1 saturated carbocycles. The second-order valence-electron chi connectivity index (χ2n) is 5.12. The monoisotopic (exact) mass is 214 g/mol. The van der Waals surface area contributed by atoms with Gasteiger partial charge in [-0.05, 0) is 39.2 Å². The van der Waals surface area contributed by atoms with E-state index in [1.165, 1.54) is 25.8 Å². The molecule has 0 aliphatic heterocycles. The summed E-state index contributed by atoms with van der Waals surface area (Å²) < 4.78 is 5.15. The molecule has 0 amide bonds. The third-order valence-corrected chi connectivity index (χ3v) is 3.96. The van der Waals surface area contributed by atoms with Gasteiger partial charge in [0.15, 0.2) is 0 Å². The van der Waals surface area contributed by atoms with Crippen LogP contribution in [0.1, 0.15) is 32.6 Å². The zero-order valence-electron chi connectivity index (χ0n) is 10.5. The molecule has 0 aromatic rings. The van der Waals surface area contributed by atoms with E-state index in [1.54, 1.807) is 7.11 Å². The summed E-state index contributed by atoms with van der Waals surface area (Å²) in [5.74, 6) is 0.906. The van der Waals surface area contributed by atoms with Gasteiger partial charge in [0.2, 0.25) is 0 Å². The number of nitrogens with zero attached hydrogens (tertiary/aromatic N) is 1. The molecule has 0 radical (unpaired) electrons. The van der Waals surface area contributed by atoms with Gasteiger partial charge in [-0.3, -0.25) is 4.90 Å². The summed E-state index contributed by atoms with van der Waals surface area (Å²) in [6, 6.07) is 0. The van der Waals surface area contributed by atoms with Crippen LogP contribution in [0, 0.1) is 5.92 Å². The lowest BCUT2D eigenvalue weighted by Gasteiger charge is -2.41. The number of hydrogen-bond donors (Lipinski definition) is 1. The number of rotatable bonds is 7. The van der Waals surface area contributed by atoms with Gasteiger partial charge in [0.1, 0.15) is 0 Å². The van der Waals surface area contributed by atoms with Crippen LogP contribution in [0.15, 0.2) is 0 Å². The molecular formula is C12H26N2O. The van der Waals surface area contributed by atoms with Gasteiger partial charge in [0.25, 0.3) is 0 Å². The van der Waals surface area contributed by atoms with Crippen LogP contribution in [-0.4, -0.2) is 44.3 Å².